The summed E-state index contributed by atoms with van der Waals surface area (Å²) >= 11 is 0. The first kappa shape index (κ1) is 21.9. The van der Waals surface area contributed by atoms with Crippen LogP contribution >= 0.6 is 0 Å². The summed E-state index contributed by atoms with van der Waals surface area (Å²) in [5.41, 5.74) is 2.80. The second kappa shape index (κ2) is 8.68. The summed E-state index contributed by atoms with van der Waals surface area (Å²) < 4.78 is 20.3. The van der Waals surface area contributed by atoms with Crippen molar-refractivity contribution < 1.29 is 8.81 Å². The zero-order valence-corrected chi connectivity index (χ0v) is 20.6. The molecule has 5 heterocycles. The first-order chi connectivity index (χ1) is 17.6. The SMILES string of the molecule is CC1C2CCC(CC2)C1Cc1cc(-c2ccc(N3CCCC3)o2)nc(-c2[nH]nc3ncc(F)cc23)n1. The molecule has 3 saturated carbocycles. The van der Waals surface area contributed by atoms with Gasteiger partial charge < -0.3 is 9.32 Å². The zero-order valence-electron chi connectivity index (χ0n) is 20.6. The minimum absolute atomic E-state index is 0.408. The molecule has 186 valence electrons. The predicted octanol–water partition coefficient (Wildman–Crippen LogP) is 6.03. The Morgan fingerprint density at radius 1 is 1.06 bits per heavy atom. The van der Waals surface area contributed by atoms with Crippen molar-refractivity contribution >= 4 is 16.9 Å². The first-order valence-electron chi connectivity index (χ1n) is 13.4. The largest absolute Gasteiger partial charge is 0.439 e. The summed E-state index contributed by atoms with van der Waals surface area (Å²) in [4.78, 5) is 16.3. The molecule has 36 heavy (non-hydrogen) atoms. The van der Waals surface area contributed by atoms with E-state index in [-0.39, 0.29) is 0 Å². The van der Waals surface area contributed by atoms with Crippen LogP contribution in [0.5, 0.6) is 0 Å². The number of rotatable bonds is 5. The summed E-state index contributed by atoms with van der Waals surface area (Å²) in [5, 5.41) is 7.86. The van der Waals surface area contributed by atoms with Crippen LogP contribution in [0.25, 0.3) is 34.0 Å². The molecule has 8 heteroatoms. The van der Waals surface area contributed by atoms with Gasteiger partial charge in [0.1, 0.15) is 17.2 Å². The zero-order chi connectivity index (χ0) is 24.2. The topological polar surface area (TPSA) is 83.7 Å². The van der Waals surface area contributed by atoms with Crippen LogP contribution < -0.4 is 4.90 Å². The highest BCUT2D eigenvalue weighted by atomic mass is 19.1. The fraction of sp³-hybridized carbons (Fsp3) is 0.500. The van der Waals surface area contributed by atoms with Gasteiger partial charge in [0.2, 0.25) is 0 Å². The molecule has 8 rings (SSSR count). The Kier molecular flexibility index (Phi) is 5.29. The number of aromatic nitrogens is 5. The number of hydrogen-bond donors (Lipinski definition) is 1. The third kappa shape index (κ3) is 3.78. The Labute approximate surface area is 209 Å². The van der Waals surface area contributed by atoms with Crippen molar-refractivity contribution in [2.45, 2.75) is 51.9 Å². The van der Waals surface area contributed by atoms with Crippen molar-refractivity contribution in [3.63, 3.8) is 0 Å². The van der Waals surface area contributed by atoms with Crippen LogP contribution in [0.1, 0.15) is 51.1 Å². The van der Waals surface area contributed by atoms with Gasteiger partial charge in [-0.15, -0.1) is 0 Å². The van der Waals surface area contributed by atoms with Crippen LogP contribution in [0.3, 0.4) is 0 Å². The Morgan fingerprint density at radius 2 is 1.86 bits per heavy atom. The van der Waals surface area contributed by atoms with Gasteiger partial charge in [0.25, 0.3) is 0 Å². The van der Waals surface area contributed by atoms with Gasteiger partial charge in [-0.2, -0.15) is 5.10 Å². The van der Waals surface area contributed by atoms with Gasteiger partial charge in [0.15, 0.2) is 23.1 Å². The van der Waals surface area contributed by atoms with Gasteiger partial charge in [-0.1, -0.05) is 6.92 Å². The molecule has 4 aromatic rings. The number of furan rings is 1. The van der Waals surface area contributed by atoms with Crippen molar-refractivity contribution in [1.82, 2.24) is 25.1 Å². The molecule has 1 saturated heterocycles. The Morgan fingerprint density at radius 3 is 2.67 bits per heavy atom. The lowest BCUT2D eigenvalue weighted by Crippen LogP contribution is -2.39. The van der Waals surface area contributed by atoms with Crippen LogP contribution in [0, 0.1) is 29.5 Å². The molecule has 1 N–H and O–H groups in total. The molecular formula is C28H31FN6O. The average Bonchev–Trinajstić information content (AvgIpc) is 3.67. The van der Waals surface area contributed by atoms with Crippen LogP contribution in [0.2, 0.25) is 0 Å². The fourth-order valence-corrected chi connectivity index (χ4v) is 6.93. The summed E-state index contributed by atoms with van der Waals surface area (Å²) in [6.45, 7) is 4.47. The number of hydrogen-bond acceptors (Lipinski definition) is 6. The van der Waals surface area contributed by atoms with Crippen LogP contribution in [-0.2, 0) is 6.42 Å². The van der Waals surface area contributed by atoms with E-state index in [4.69, 9.17) is 14.4 Å². The number of fused-ring (bicyclic) bond motifs is 4. The third-order valence-corrected chi connectivity index (χ3v) is 8.93. The molecular weight excluding hydrogens is 455 g/mol. The minimum atomic E-state index is -0.408. The predicted molar refractivity (Wildman–Crippen MR) is 136 cm³/mol. The number of aromatic amines is 1. The van der Waals surface area contributed by atoms with E-state index in [0.29, 0.717) is 34.4 Å². The molecule has 7 nitrogen and oxygen atoms in total. The van der Waals surface area contributed by atoms with Crippen molar-refractivity contribution in [1.29, 1.82) is 0 Å². The molecule has 1 aliphatic heterocycles. The van der Waals surface area contributed by atoms with Crippen LogP contribution in [0.15, 0.2) is 34.9 Å². The molecule has 0 amide bonds. The standard InChI is InChI=1S/C28H31FN6O/c1-16-17-4-6-18(7-5-17)21(16)13-20-14-23(24-8-9-25(36-24)35-10-2-3-11-35)32-28(31-20)26-22-12-19(29)15-30-27(22)34-33-26/h8-9,12,14-18,21H,2-7,10-11,13H2,1H3,(H,30,33,34). The molecule has 2 atom stereocenters. The van der Waals surface area contributed by atoms with E-state index < -0.39 is 5.82 Å². The Bertz CT molecular complexity index is 1400. The van der Waals surface area contributed by atoms with E-state index in [2.05, 4.69) is 33.1 Å². The summed E-state index contributed by atoms with van der Waals surface area (Å²) in [6, 6.07) is 7.57. The van der Waals surface area contributed by atoms with E-state index in [0.717, 1.165) is 54.4 Å². The maximum absolute atomic E-state index is 14.1. The smallest absolute Gasteiger partial charge is 0.196 e. The van der Waals surface area contributed by atoms with E-state index in [1.54, 1.807) is 0 Å². The highest BCUT2D eigenvalue weighted by Crippen LogP contribution is 2.49. The number of H-pyrrole nitrogens is 1. The number of anilines is 1. The Hall–Kier alpha value is -3.29. The van der Waals surface area contributed by atoms with Crippen LogP contribution in [0.4, 0.5) is 10.3 Å². The maximum atomic E-state index is 14.1. The van der Waals surface area contributed by atoms with Gasteiger partial charge in [0, 0.05) is 24.8 Å². The molecule has 3 aliphatic carbocycles. The van der Waals surface area contributed by atoms with Crippen molar-refractivity contribution in [2.75, 3.05) is 18.0 Å². The normalized spacial score (nSPS) is 25.8. The number of pyridine rings is 1. The lowest BCUT2D eigenvalue weighted by atomic mass is 9.58. The van der Waals surface area contributed by atoms with Gasteiger partial charge in [-0.05, 0) is 86.8 Å². The molecule has 2 unspecified atom stereocenters. The van der Waals surface area contributed by atoms with Gasteiger partial charge in [-0.3, -0.25) is 5.10 Å². The number of halogens is 1. The summed E-state index contributed by atoms with van der Waals surface area (Å²) in [7, 11) is 0. The molecule has 0 spiro atoms. The second-order valence-electron chi connectivity index (χ2n) is 10.9. The van der Waals surface area contributed by atoms with E-state index >= 15 is 0 Å². The molecule has 0 radical (unpaired) electrons. The van der Waals surface area contributed by atoms with Gasteiger partial charge in [0.05, 0.1) is 11.6 Å². The number of nitrogens with zero attached hydrogens (tertiary/aromatic N) is 5. The molecule has 0 aromatic carbocycles. The monoisotopic (exact) mass is 486 g/mol. The molecule has 4 aliphatic rings. The fourth-order valence-electron chi connectivity index (χ4n) is 6.93. The summed E-state index contributed by atoms with van der Waals surface area (Å²) in [6.07, 6.45) is 9.88. The highest BCUT2D eigenvalue weighted by molar-refractivity contribution is 5.88. The first-order valence-corrected chi connectivity index (χ1v) is 13.4. The molecule has 2 bridgehead atoms. The van der Waals surface area contributed by atoms with Gasteiger partial charge >= 0.3 is 0 Å². The summed E-state index contributed by atoms with van der Waals surface area (Å²) in [5.74, 6) is 4.65. The molecule has 4 fully saturated rings. The van der Waals surface area contributed by atoms with Crippen LogP contribution in [-0.4, -0.2) is 38.2 Å². The van der Waals surface area contributed by atoms with E-state index in [1.165, 1.54) is 50.8 Å². The highest BCUT2D eigenvalue weighted by Gasteiger charge is 2.41. The van der Waals surface area contributed by atoms with Crippen molar-refractivity contribution in [3.8, 4) is 23.0 Å². The quantitative estimate of drug-likeness (QED) is 0.371. The molecule has 4 aromatic heterocycles. The number of nitrogens with one attached hydrogen (secondary N) is 1. The maximum Gasteiger partial charge on any atom is 0.196 e. The lowest BCUT2D eigenvalue weighted by Gasteiger charge is -2.47. The lowest BCUT2D eigenvalue weighted by molar-refractivity contribution is 0.0339. The third-order valence-electron chi connectivity index (χ3n) is 8.93. The van der Waals surface area contributed by atoms with Gasteiger partial charge in [-0.25, -0.2) is 19.3 Å². The second-order valence-corrected chi connectivity index (χ2v) is 10.9. The van der Waals surface area contributed by atoms with Crippen molar-refractivity contribution in [3.05, 3.63) is 42.0 Å². The van der Waals surface area contributed by atoms with Crippen molar-refractivity contribution in [2.24, 2.45) is 23.7 Å². The van der Waals surface area contributed by atoms with E-state index in [9.17, 15) is 4.39 Å². The average molecular weight is 487 g/mol. The Balaban J connectivity index is 1.30. The van der Waals surface area contributed by atoms with E-state index in [1.807, 2.05) is 12.1 Å². The minimum Gasteiger partial charge on any atom is -0.439 e.